The molecule has 0 unspecified atom stereocenters. The highest BCUT2D eigenvalue weighted by Crippen LogP contribution is 2.36. The van der Waals surface area contributed by atoms with E-state index in [9.17, 15) is 22.0 Å². The zero-order valence-electron chi connectivity index (χ0n) is 16.7. The van der Waals surface area contributed by atoms with Crippen molar-refractivity contribution in [2.75, 3.05) is 0 Å². The summed E-state index contributed by atoms with van der Waals surface area (Å²) in [6.07, 6.45) is 3.78. The average Bonchev–Trinajstić information content (AvgIpc) is 2.70. The van der Waals surface area contributed by atoms with Crippen LogP contribution in [0.15, 0.2) is 48.6 Å². The van der Waals surface area contributed by atoms with Crippen molar-refractivity contribution in [3.63, 3.8) is 0 Å². The minimum Gasteiger partial charge on any atom is -0.206 e. The van der Waals surface area contributed by atoms with Gasteiger partial charge in [0.05, 0.1) is 0 Å². The first kappa shape index (κ1) is 22.1. The molecule has 3 rings (SSSR count). The number of benzene rings is 2. The quantitative estimate of drug-likeness (QED) is 0.359. The monoisotopic (exact) mass is 418 g/mol. The molecule has 1 fully saturated rings. The van der Waals surface area contributed by atoms with Crippen LogP contribution in [0.5, 0.6) is 0 Å². The Kier molecular flexibility index (Phi) is 6.97. The molecule has 0 bridgehead atoms. The first-order valence-electron chi connectivity index (χ1n) is 10.1. The van der Waals surface area contributed by atoms with Gasteiger partial charge in [0.25, 0.3) is 0 Å². The van der Waals surface area contributed by atoms with E-state index in [1.54, 1.807) is 6.08 Å². The average molecular weight is 418 g/mol. The second-order valence-corrected chi connectivity index (χ2v) is 7.65. The topological polar surface area (TPSA) is 0 Å². The lowest BCUT2D eigenvalue weighted by molar-refractivity contribution is -0.142. The molecule has 0 aromatic heterocycles. The van der Waals surface area contributed by atoms with Gasteiger partial charge in [0.15, 0.2) is 0 Å². The maximum atomic E-state index is 13.6. The molecule has 5 heteroatoms. The smallest absolute Gasteiger partial charge is 0.206 e. The normalized spacial score (nSPS) is 19.5. The SMILES string of the molecule is CCc1ccc([C@H]2CC[C@H](C=CC#Cc3cc(F)c(C(F)(F)F)c(F)c3)CC2)cc1. The molecule has 2 aromatic rings. The number of aryl methyl sites for hydroxylation is 1. The Morgan fingerprint density at radius 3 is 2.10 bits per heavy atom. The third-order valence-corrected chi connectivity index (χ3v) is 5.63. The summed E-state index contributed by atoms with van der Waals surface area (Å²) in [7, 11) is 0. The molecule has 0 N–H and O–H groups in total. The number of hydrogen-bond acceptors (Lipinski definition) is 0. The third kappa shape index (κ3) is 5.50. The van der Waals surface area contributed by atoms with Crippen molar-refractivity contribution in [1.29, 1.82) is 0 Å². The Hall–Kier alpha value is -2.61. The van der Waals surface area contributed by atoms with Crippen LogP contribution in [-0.4, -0.2) is 0 Å². The Bertz CT molecular complexity index is 927. The third-order valence-electron chi connectivity index (χ3n) is 5.63. The van der Waals surface area contributed by atoms with Crippen molar-refractivity contribution in [3.05, 3.63) is 82.4 Å². The van der Waals surface area contributed by atoms with E-state index in [4.69, 9.17) is 0 Å². The summed E-state index contributed by atoms with van der Waals surface area (Å²) in [5, 5.41) is 0. The summed E-state index contributed by atoms with van der Waals surface area (Å²) in [5.74, 6) is 2.82. The van der Waals surface area contributed by atoms with E-state index in [0.717, 1.165) is 32.1 Å². The zero-order chi connectivity index (χ0) is 21.7. The minimum absolute atomic E-state index is 0.123. The van der Waals surface area contributed by atoms with Crippen molar-refractivity contribution in [2.45, 2.75) is 51.1 Å². The first-order valence-corrected chi connectivity index (χ1v) is 10.1. The molecule has 30 heavy (non-hydrogen) atoms. The second kappa shape index (κ2) is 9.47. The van der Waals surface area contributed by atoms with Crippen LogP contribution < -0.4 is 0 Å². The number of alkyl halides is 3. The van der Waals surface area contributed by atoms with Gasteiger partial charge in [0, 0.05) is 5.56 Å². The van der Waals surface area contributed by atoms with Crippen molar-refractivity contribution < 1.29 is 22.0 Å². The van der Waals surface area contributed by atoms with Crippen LogP contribution in [0.2, 0.25) is 0 Å². The van der Waals surface area contributed by atoms with Gasteiger partial charge >= 0.3 is 6.18 Å². The second-order valence-electron chi connectivity index (χ2n) is 7.65. The maximum absolute atomic E-state index is 13.6. The van der Waals surface area contributed by atoms with E-state index < -0.39 is 23.4 Å². The van der Waals surface area contributed by atoms with Gasteiger partial charge in [-0.05, 0) is 73.3 Å². The summed E-state index contributed by atoms with van der Waals surface area (Å²) < 4.78 is 64.9. The molecule has 1 aliphatic carbocycles. The van der Waals surface area contributed by atoms with Gasteiger partial charge in [0.1, 0.15) is 17.2 Å². The molecular formula is C25H23F5. The molecule has 158 valence electrons. The van der Waals surface area contributed by atoms with Gasteiger partial charge in [-0.3, -0.25) is 0 Å². The zero-order valence-corrected chi connectivity index (χ0v) is 16.7. The fourth-order valence-electron chi connectivity index (χ4n) is 3.90. The first-order chi connectivity index (χ1) is 14.3. The van der Waals surface area contributed by atoms with Crippen LogP contribution in [0.25, 0.3) is 0 Å². The highest BCUT2D eigenvalue weighted by molar-refractivity contribution is 5.40. The van der Waals surface area contributed by atoms with E-state index in [1.807, 2.05) is 6.08 Å². The van der Waals surface area contributed by atoms with E-state index in [-0.39, 0.29) is 5.56 Å². The molecule has 0 radical (unpaired) electrons. The fourth-order valence-corrected chi connectivity index (χ4v) is 3.90. The fraction of sp³-hybridized carbons (Fsp3) is 0.360. The summed E-state index contributed by atoms with van der Waals surface area (Å²) in [6, 6.07) is 10.0. The van der Waals surface area contributed by atoms with E-state index >= 15 is 0 Å². The number of allylic oxidation sites excluding steroid dienone is 2. The largest absolute Gasteiger partial charge is 0.422 e. The van der Waals surface area contributed by atoms with Crippen LogP contribution in [0, 0.1) is 29.4 Å². The molecule has 0 saturated heterocycles. The number of hydrogen-bond donors (Lipinski definition) is 0. The van der Waals surface area contributed by atoms with Gasteiger partial charge < -0.3 is 0 Å². The van der Waals surface area contributed by atoms with Gasteiger partial charge in [-0.2, -0.15) is 13.2 Å². The number of halogens is 5. The Labute approximate surface area is 173 Å². The maximum Gasteiger partial charge on any atom is 0.422 e. The molecule has 0 atom stereocenters. The summed E-state index contributed by atoms with van der Waals surface area (Å²) in [4.78, 5) is 0. The molecule has 0 spiro atoms. The lowest BCUT2D eigenvalue weighted by Crippen LogP contribution is -2.11. The van der Waals surface area contributed by atoms with E-state index in [1.165, 1.54) is 11.1 Å². The van der Waals surface area contributed by atoms with Crippen molar-refractivity contribution in [2.24, 2.45) is 5.92 Å². The molecule has 1 saturated carbocycles. The Morgan fingerprint density at radius 1 is 0.967 bits per heavy atom. The molecule has 1 aliphatic rings. The van der Waals surface area contributed by atoms with Crippen LogP contribution in [0.3, 0.4) is 0 Å². The molecular weight excluding hydrogens is 395 g/mol. The van der Waals surface area contributed by atoms with Crippen LogP contribution in [-0.2, 0) is 12.6 Å². The van der Waals surface area contributed by atoms with Crippen molar-refractivity contribution in [3.8, 4) is 11.8 Å². The van der Waals surface area contributed by atoms with Gasteiger partial charge in [-0.25, -0.2) is 8.78 Å². The van der Waals surface area contributed by atoms with Gasteiger partial charge in [-0.15, -0.1) is 0 Å². The lowest BCUT2D eigenvalue weighted by atomic mass is 9.78. The van der Waals surface area contributed by atoms with Crippen molar-refractivity contribution in [1.82, 2.24) is 0 Å². The predicted octanol–water partition coefficient (Wildman–Crippen LogP) is 7.43. The van der Waals surface area contributed by atoms with Crippen LogP contribution in [0.1, 0.15) is 60.8 Å². The minimum atomic E-state index is -5.07. The lowest BCUT2D eigenvalue weighted by Gasteiger charge is -2.27. The van der Waals surface area contributed by atoms with E-state index in [2.05, 4.69) is 43.0 Å². The molecule has 2 aromatic carbocycles. The molecule has 0 aliphatic heterocycles. The summed E-state index contributed by atoms with van der Waals surface area (Å²) >= 11 is 0. The van der Waals surface area contributed by atoms with E-state index in [0.29, 0.717) is 24.0 Å². The summed E-state index contributed by atoms with van der Waals surface area (Å²) in [5.41, 5.74) is 0.703. The molecule has 0 amide bonds. The molecule has 0 nitrogen and oxygen atoms in total. The van der Waals surface area contributed by atoms with Gasteiger partial charge in [0.2, 0.25) is 0 Å². The van der Waals surface area contributed by atoms with Gasteiger partial charge in [-0.1, -0.05) is 49.1 Å². The summed E-state index contributed by atoms with van der Waals surface area (Å²) in [6.45, 7) is 2.14. The molecule has 0 heterocycles. The highest BCUT2D eigenvalue weighted by atomic mass is 19.4. The van der Waals surface area contributed by atoms with Crippen LogP contribution in [0.4, 0.5) is 22.0 Å². The standard InChI is InChI=1S/C25H23F5/c1-2-17-7-11-20(12-8-17)21-13-9-18(10-14-21)5-3-4-6-19-15-22(26)24(23(27)16-19)25(28,29)30/h3,5,7-8,11-12,15-16,18,21H,2,9-10,13-14H2,1H3/t18-,21-. The van der Waals surface area contributed by atoms with Crippen LogP contribution >= 0.6 is 0 Å². The number of rotatable bonds is 3. The Morgan fingerprint density at radius 2 is 1.57 bits per heavy atom. The van der Waals surface area contributed by atoms with Crippen molar-refractivity contribution >= 4 is 0 Å². The highest BCUT2D eigenvalue weighted by Gasteiger charge is 2.37. The predicted molar refractivity (Wildman–Crippen MR) is 108 cm³/mol. The Balaban J connectivity index is 1.57.